The second kappa shape index (κ2) is 12.1. The van der Waals surface area contributed by atoms with Crippen LogP contribution >= 0.6 is 11.6 Å². The van der Waals surface area contributed by atoms with Gasteiger partial charge in [0, 0.05) is 64.1 Å². The van der Waals surface area contributed by atoms with Crippen molar-refractivity contribution >= 4 is 40.2 Å². The molecule has 2 fully saturated rings. The molecule has 3 aromatic heterocycles. The van der Waals surface area contributed by atoms with Crippen LogP contribution in [0.5, 0.6) is 0 Å². The van der Waals surface area contributed by atoms with Gasteiger partial charge in [-0.1, -0.05) is 17.7 Å². The quantitative estimate of drug-likeness (QED) is 0.335. The molecule has 42 heavy (non-hydrogen) atoms. The topological polar surface area (TPSA) is 116 Å². The van der Waals surface area contributed by atoms with Crippen LogP contribution in [0.4, 0.5) is 16.0 Å². The van der Waals surface area contributed by atoms with Gasteiger partial charge in [0.15, 0.2) is 5.65 Å². The lowest BCUT2D eigenvalue weighted by molar-refractivity contribution is 0.0152. The molecule has 0 bridgehead atoms. The Kier molecular flexibility index (Phi) is 8.09. The first-order valence-corrected chi connectivity index (χ1v) is 14.3. The minimum atomic E-state index is -0.571. The number of carbonyl (C=O) groups excluding carboxylic acids is 1. The van der Waals surface area contributed by atoms with Gasteiger partial charge >= 0.3 is 0 Å². The van der Waals surface area contributed by atoms with E-state index in [1.165, 1.54) is 18.2 Å². The molecule has 13 heteroatoms. The predicted octanol–water partition coefficient (Wildman–Crippen LogP) is 3.23. The molecule has 2 N–H and O–H groups in total. The highest BCUT2D eigenvalue weighted by Gasteiger charge is 2.23. The standard InChI is InChI=1S/C29H31ClFN7O4/c1-36-16-19(15-23(36)28(40)37-11-9-32-10-12-37)33-29-34-26(25-21(30)3-2-4-22(25)31)20-5-6-24(39)38(27(20)35-29)42-17-18-7-13-41-14-8-18/h2-6,15-16,18,32H,7-14,17H2,1H3,(H,33,34,35). The van der Waals surface area contributed by atoms with Crippen LogP contribution in [0.15, 0.2) is 47.4 Å². The number of ether oxygens (including phenoxy) is 1. The summed E-state index contributed by atoms with van der Waals surface area (Å²) in [5, 5.41) is 6.93. The van der Waals surface area contributed by atoms with Gasteiger partial charge in [-0.3, -0.25) is 9.59 Å². The van der Waals surface area contributed by atoms with Gasteiger partial charge in [-0.25, -0.2) is 9.37 Å². The summed E-state index contributed by atoms with van der Waals surface area (Å²) in [6, 6.07) is 8.98. The highest BCUT2D eigenvalue weighted by molar-refractivity contribution is 6.33. The second-order valence-electron chi connectivity index (χ2n) is 10.4. The van der Waals surface area contributed by atoms with Crippen LogP contribution in [-0.2, 0) is 11.8 Å². The van der Waals surface area contributed by atoms with Gasteiger partial charge in [-0.15, -0.1) is 4.73 Å². The number of benzene rings is 1. The lowest BCUT2D eigenvalue weighted by Gasteiger charge is -2.27. The normalized spacial score (nSPS) is 16.1. The fraction of sp³-hybridized carbons (Fsp3) is 0.379. The summed E-state index contributed by atoms with van der Waals surface area (Å²) in [6.07, 6.45) is 3.39. The molecule has 0 saturated carbocycles. The summed E-state index contributed by atoms with van der Waals surface area (Å²) >= 11 is 6.46. The van der Waals surface area contributed by atoms with E-state index in [1.54, 1.807) is 40.9 Å². The Morgan fingerprint density at radius 2 is 1.98 bits per heavy atom. The van der Waals surface area contributed by atoms with E-state index in [0.29, 0.717) is 49.7 Å². The maximum Gasteiger partial charge on any atom is 0.285 e. The third kappa shape index (κ3) is 5.69. The Morgan fingerprint density at radius 1 is 1.19 bits per heavy atom. The molecule has 2 aliphatic rings. The molecule has 11 nitrogen and oxygen atoms in total. The number of hydrogen-bond donors (Lipinski definition) is 2. The minimum Gasteiger partial charge on any atom is -0.408 e. The van der Waals surface area contributed by atoms with Gasteiger partial charge in [-0.2, -0.15) is 4.98 Å². The Bertz CT molecular complexity index is 1660. The number of pyridine rings is 1. The van der Waals surface area contributed by atoms with Gasteiger partial charge in [0.25, 0.3) is 11.5 Å². The third-order valence-corrected chi connectivity index (χ3v) is 7.89. The molecule has 0 aliphatic carbocycles. The highest BCUT2D eigenvalue weighted by Crippen LogP contribution is 2.34. The molecule has 2 saturated heterocycles. The highest BCUT2D eigenvalue weighted by atomic mass is 35.5. The van der Waals surface area contributed by atoms with Crippen molar-refractivity contribution in [3.05, 3.63) is 69.5 Å². The van der Waals surface area contributed by atoms with Gasteiger partial charge in [-0.05, 0) is 43.0 Å². The molecule has 6 rings (SSSR count). The van der Waals surface area contributed by atoms with Crippen molar-refractivity contribution in [2.24, 2.45) is 13.0 Å². The van der Waals surface area contributed by atoms with Crippen LogP contribution in [0.3, 0.4) is 0 Å². The molecule has 2 aliphatic heterocycles. The van der Waals surface area contributed by atoms with Crippen molar-refractivity contribution in [3.8, 4) is 11.3 Å². The van der Waals surface area contributed by atoms with Crippen LogP contribution in [0.25, 0.3) is 22.3 Å². The monoisotopic (exact) mass is 595 g/mol. The van der Waals surface area contributed by atoms with Gasteiger partial charge < -0.3 is 29.7 Å². The van der Waals surface area contributed by atoms with Crippen molar-refractivity contribution in [1.82, 2.24) is 29.5 Å². The molecular weight excluding hydrogens is 565 g/mol. The van der Waals surface area contributed by atoms with E-state index in [-0.39, 0.29) is 39.7 Å². The number of nitrogens with one attached hydrogen (secondary N) is 2. The number of fused-ring (bicyclic) bond motifs is 1. The molecule has 0 spiro atoms. The zero-order valence-electron chi connectivity index (χ0n) is 23.1. The average molecular weight is 596 g/mol. The van der Waals surface area contributed by atoms with Crippen LogP contribution in [-0.4, -0.2) is 76.1 Å². The molecule has 5 heterocycles. The van der Waals surface area contributed by atoms with E-state index in [0.717, 1.165) is 30.7 Å². The largest absolute Gasteiger partial charge is 0.408 e. The number of hydrogen-bond acceptors (Lipinski definition) is 8. The summed E-state index contributed by atoms with van der Waals surface area (Å²) in [5.41, 5.74) is 1.06. The first-order valence-electron chi connectivity index (χ1n) is 13.9. The number of carbonyl (C=O) groups is 1. The number of amides is 1. The molecular formula is C29H31ClFN7O4. The fourth-order valence-corrected chi connectivity index (χ4v) is 5.54. The first kappa shape index (κ1) is 28.1. The van der Waals surface area contributed by atoms with Crippen LogP contribution in [0.1, 0.15) is 23.3 Å². The van der Waals surface area contributed by atoms with Gasteiger partial charge in [0.05, 0.1) is 22.0 Å². The van der Waals surface area contributed by atoms with Crippen LogP contribution < -0.4 is 21.0 Å². The molecule has 0 atom stereocenters. The maximum absolute atomic E-state index is 15.2. The number of piperazine rings is 1. The Labute approximate surface area is 246 Å². The molecule has 1 aromatic carbocycles. The van der Waals surface area contributed by atoms with E-state index in [9.17, 15) is 9.59 Å². The van der Waals surface area contributed by atoms with Crippen molar-refractivity contribution in [2.45, 2.75) is 12.8 Å². The number of halogens is 2. The zero-order valence-corrected chi connectivity index (χ0v) is 23.9. The molecule has 220 valence electrons. The molecule has 4 aromatic rings. The smallest absolute Gasteiger partial charge is 0.285 e. The second-order valence-corrected chi connectivity index (χ2v) is 10.8. The van der Waals surface area contributed by atoms with Gasteiger partial charge in [0.1, 0.15) is 18.1 Å². The summed E-state index contributed by atoms with van der Waals surface area (Å²) in [5.74, 6) is -0.354. The van der Waals surface area contributed by atoms with Crippen LogP contribution in [0.2, 0.25) is 5.02 Å². The number of nitrogens with zero attached hydrogens (tertiary/aromatic N) is 5. The summed E-state index contributed by atoms with van der Waals surface area (Å²) < 4.78 is 23.5. The number of aromatic nitrogens is 4. The number of anilines is 2. The van der Waals surface area contributed by atoms with Crippen molar-refractivity contribution in [1.29, 1.82) is 0 Å². The Hall–Kier alpha value is -4.00. The predicted molar refractivity (Wildman–Crippen MR) is 157 cm³/mol. The average Bonchev–Trinajstić information content (AvgIpc) is 3.36. The molecule has 0 unspecified atom stereocenters. The lowest BCUT2D eigenvalue weighted by atomic mass is 10.0. The number of aryl methyl sites for hydroxylation is 1. The molecule has 0 radical (unpaired) electrons. The summed E-state index contributed by atoms with van der Waals surface area (Å²) in [4.78, 5) is 43.2. The number of rotatable bonds is 7. The van der Waals surface area contributed by atoms with E-state index in [2.05, 4.69) is 20.6 Å². The lowest BCUT2D eigenvalue weighted by Crippen LogP contribution is -2.46. The van der Waals surface area contributed by atoms with Crippen molar-refractivity contribution in [3.63, 3.8) is 0 Å². The Morgan fingerprint density at radius 3 is 2.74 bits per heavy atom. The Balaban J connectivity index is 1.41. The van der Waals surface area contributed by atoms with E-state index < -0.39 is 11.4 Å². The summed E-state index contributed by atoms with van der Waals surface area (Å²) in [6.45, 7) is 4.30. The first-order chi connectivity index (χ1) is 20.4. The summed E-state index contributed by atoms with van der Waals surface area (Å²) in [7, 11) is 1.79. The van der Waals surface area contributed by atoms with E-state index >= 15 is 4.39 Å². The zero-order chi connectivity index (χ0) is 29.2. The van der Waals surface area contributed by atoms with E-state index in [1.807, 2.05) is 0 Å². The minimum absolute atomic E-state index is 0.0758. The SMILES string of the molecule is Cn1cc(Nc2nc(-c3c(F)cccc3Cl)c3ccc(=O)n(OCC4CCOCC4)c3n2)cc1C(=O)N1CCNCC1. The van der Waals surface area contributed by atoms with Crippen molar-refractivity contribution in [2.75, 3.05) is 51.3 Å². The maximum atomic E-state index is 15.2. The fourth-order valence-electron chi connectivity index (χ4n) is 5.29. The van der Waals surface area contributed by atoms with Crippen LogP contribution in [0, 0.1) is 11.7 Å². The van der Waals surface area contributed by atoms with Gasteiger partial charge in [0.2, 0.25) is 5.95 Å². The third-order valence-electron chi connectivity index (χ3n) is 7.57. The van der Waals surface area contributed by atoms with E-state index in [4.69, 9.17) is 21.2 Å². The van der Waals surface area contributed by atoms with Crippen molar-refractivity contribution < 1.29 is 18.8 Å². The molecule has 1 amide bonds.